The zero-order chi connectivity index (χ0) is 12.5. The molecule has 1 unspecified atom stereocenters. The smallest absolute Gasteiger partial charge is 0.0897 e. The lowest BCUT2D eigenvalue weighted by Crippen LogP contribution is -2.08. The summed E-state index contributed by atoms with van der Waals surface area (Å²) in [6.07, 6.45) is 0. The van der Waals surface area contributed by atoms with Crippen LogP contribution in [0.4, 0.5) is 0 Å². The van der Waals surface area contributed by atoms with E-state index < -0.39 is 0 Å². The van der Waals surface area contributed by atoms with E-state index in [0.29, 0.717) is 12.5 Å². The van der Waals surface area contributed by atoms with Crippen molar-refractivity contribution < 1.29 is 0 Å². The van der Waals surface area contributed by atoms with Crippen molar-refractivity contribution in [3.63, 3.8) is 0 Å². The molecule has 3 heteroatoms. The van der Waals surface area contributed by atoms with Crippen molar-refractivity contribution in [3.05, 3.63) is 48.0 Å². The molecule has 0 aliphatic rings. The fraction of sp³-hybridized carbons (Fsp3) is 0.200. The molecule has 0 bridgehead atoms. The van der Waals surface area contributed by atoms with Crippen molar-refractivity contribution in [3.8, 4) is 0 Å². The topological polar surface area (TPSA) is 51.8 Å². The predicted molar refractivity (Wildman–Crippen MR) is 74.5 cm³/mol. The molecule has 1 aromatic heterocycles. The lowest BCUT2D eigenvalue weighted by Gasteiger charge is -2.09. The van der Waals surface area contributed by atoms with Gasteiger partial charge in [-0.3, -0.25) is 0 Å². The summed E-state index contributed by atoms with van der Waals surface area (Å²) in [5.41, 5.74) is 10.7. The average Bonchev–Trinajstić information content (AvgIpc) is 2.43. The molecule has 0 amide bonds. The number of nitrogens with two attached hydrogens (primary N) is 1. The number of hydrogen-bond donors (Lipinski definition) is 1. The number of hydrogen-bond acceptors (Lipinski definition) is 3. The summed E-state index contributed by atoms with van der Waals surface area (Å²) in [5, 5.41) is 0. The summed E-state index contributed by atoms with van der Waals surface area (Å²) in [5.74, 6) is 0.350. The van der Waals surface area contributed by atoms with Crippen LogP contribution in [0.5, 0.6) is 0 Å². The van der Waals surface area contributed by atoms with Crippen molar-refractivity contribution in [1.29, 1.82) is 0 Å². The van der Waals surface area contributed by atoms with Gasteiger partial charge < -0.3 is 5.73 Å². The molecule has 2 aromatic carbocycles. The predicted octanol–water partition coefficient (Wildman–Crippen LogP) is 2.85. The van der Waals surface area contributed by atoms with Crippen molar-refractivity contribution in [1.82, 2.24) is 9.97 Å². The van der Waals surface area contributed by atoms with Gasteiger partial charge in [-0.1, -0.05) is 25.1 Å². The second-order valence-corrected chi connectivity index (χ2v) is 4.60. The van der Waals surface area contributed by atoms with Crippen LogP contribution in [0, 0.1) is 0 Å². The Bertz CT molecular complexity index is 706. The van der Waals surface area contributed by atoms with E-state index in [4.69, 9.17) is 5.73 Å². The third-order valence-electron chi connectivity index (χ3n) is 3.29. The summed E-state index contributed by atoms with van der Waals surface area (Å²) in [4.78, 5) is 9.26. The Labute approximate surface area is 106 Å². The molecule has 0 aliphatic heterocycles. The molecule has 0 spiro atoms. The van der Waals surface area contributed by atoms with Crippen LogP contribution in [0.15, 0.2) is 42.5 Å². The van der Waals surface area contributed by atoms with E-state index in [2.05, 4.69) is 29.0 Å². The summed E-state index contributed by atoms with van der Waals surface area (Å²) < 4.78 is 0. The minimum atomic E-state index is 0.350. The third kappa shape index (κ3) is 1.83. The van der Waals surface area contributed by atoms with Crippen molar-refractivity contribution in [2.24, 2.45) is 5.73 Å². The van der Waals surface area contributed by atoms with Gasteiger partial charge >= 0.3 is 0 Å². The summed E-state index contributed by atoms with van der Waals surface area (Å²) >= 11 is 0. The van der Waals surface area contributed by atoms with Gasteiger partial charge in [-0.15, -0.1) is 0 Å². The van der Waals surface area contributed by atoms with E-state index in [1.807, 2.05) is 30.3 Å². The van der Waals surface area contributed by atoms with Gasteiger partial charge in [-0.2, -0.15) is 0 Å². The first-order valence-corrected chi connectivity index (χ1v) is 6.14. The van der Waals surface area contributed by atoms with Crippen LogP contribution in [0.2, 0.25) is 0 Å². The molecule has 0 radical (unpaired) electrons. The van der Waals surface area contributed by atoms with Gasteiger partial charge in [0.2, 0.25) is 0 Å². The highest BCUT2D eigenvalue weighted by Crippen LogP contribution is 2.21. The number of fused-ring (bicyclic) bond motifs is 2. The molecule has 0 saturated heterocycles. The van der Waals surface area contributed by atoms with E-state index in [-0.39, 0.29) is 0 Å². The molecule has 1 atom stereocenters. The molecule has 90 valence electrons. The Kier molecular flexibility index (Phi) is 2.68. The zero-order valence-corrected chi connectivity index (χ0v) is 10.3. The normalized spacial score (nSPS) is 13.0. The van der Waals surface area contributed by atoms with Crippen LogP contribution in [0.3, 0.4) is 0 Å². The second kappa shape index (κ2) is 4.35. The molecular weight excluding hydrogens is 222 g/mol. The Balaban J connectivity index is 2.24. The molecular formula is C15H15N3. The van der Waals surface area contributed by atoms with Crippen molar-refractivity contribution in [2.45, 2.75) is 12.8 Å². The number of nitrogens with zero attached hydrogens (tertiary/aromatic N) is 2. The highest BCUT2D eigenvalue weighted by molar-refractivity contribution is 5.86. The maximum Gasteiger partial charge on any atom is 0.0897 e. The SMILES string of the molecule is CC(CN)c1ccc2nc3ccccc3nc2c1. The Morgan fingerprint density at radius 3 is 2.22 bits per heavy atom. The van der Waals surface area contributed by atoms with Gasteiger partial charge in [0.1, 0.15) is 0 Å². The quantitative estimate of drug-likeness (QED) is 0.697. The summed E-state index contributed by atoms with van der Waals surface area (Å²) in [6.45, 7) is 2.77. The maximum absolute atomic E-state index is 5.70. The number of benzene rings is 2. The molecule has 2 N–H and O–H groups in total. The number of aromatic nitrogens is 2. The number of para-hydroxylation sites is 2. The van der Waals surface area contributed by atoms with Gasteiger partial charge in [-0.25, -0.2) is 9.97 Å². The van der Waals surface area contributed by atoms with E-state index in [1.165, 1.54) is 5.56 Å². The van der Waals surface area contributed by atoms with Gasteiger partial charge in [-0.05, 0) is 42.3 Å². The minimum Gasteiger partial charge on any atom is -0.330 e. The van der Waals surface area contributed by atoms with E-state index in [1.54, 1.807) is 0 Å². The van der Waals surface area contributed by atoms with Crippen LogP contribution in [0.1, 0.15) is 18.4 Å². The lowest BCUT2D eigenvalue weighted by molar-refractivity contribution is 0.775. The van der Waals surface area contributed by atoms with Crippen LogP contribution >= 0.6 is 0 Å². The molecule has 0 saturated carbocycles. The molecule has 0 aliphatic carbocycles. The molecule has 3 rings (SSSR count). The average molecular weight is 237 g/mol. The van der Waals surface area contributed by atoms with Crippen LogP contribution in [0.25, 0.3) is 22.1 Å². The first-order chi connectivity index (χ1) is 8.78. The standard InChI is InChI=1S/C15H15N3/c1-10(9-16)11-6-7-14-15(8-11)18-13-5-3-2-4-12(13)17-14/h2-8,10H,9,16H2,1H3. The largest absolute Gasteiger partial charge is 0.330 e. The maximum atomic E-state index is 5.70. The molecule has 3 aromatic rings. The van der Waals surface area contributed by atoms with E-state index in [0.717, 1.165) is 22.1 Å². The van der Waals surface area contributed by atoms with E-state index in [9.17, 15) is 0 Å². The zero-order valence-electron chi connectivity index (χ0n) is 10.3. The monoisotopic (exact) mass is 237 g/mol. The molecule has 1 heterocycles. The van der Waals surface area contributed by atoms with Crippen LogP contribution in [-0.4, -0.2) is 16.5 Å². The third-order valence-corrected chi connectivity index (χ3v) is 3.29. The van der Waals surface area contributed by atoms with Gasteiger partial charge in [0.05, 0.1) is 22.1 Å². The lowest BCUT2D eigenvalue weighted by atomic mass is 10.0. The minimum absolute atomic E-state index is 0.350. The van der Waals surface area contributed by atoms with Gasteiger partial charge in [0.15, 0.2) is 0 Å². The molecule has 3 nitrogen and oxygen atoms in total. The first-order valence-electron chi connectivity index (χ1n) is 6.14. The van der Waals surface area contributed by atoms with Crippen LogP contribution < -0.4 is 5.73 Å². The Morgan fingerprint density at radius 2 is 1.56 bits per heavy atom. The highest BCUT2D eigenvalue weighted by atomic mass is 14.8. The summed E-state index contributed by atoms with van der Waals surface area (Å²) in [6, 6.07) is 14.1. The van der Waals surface area contributed by atoms with Crippen LogP contribution in [-0.2, 0) is 0 Å². The van der Waals surface area contributed by atoms with Crippen molar-refractivity contribution in [2.75, 3.05) is 6.54 Å². The second-order valence-electron chi connectivity index (χ2n) is 4.60. The van der Waals surface area contributed by atoms with Gasteiger partial charge in [0.25, 0.3) is 0 Å². The Hall–Kier alpha value is -2.00. The first kappa shape index (κ1) is 11.1. The number of rotatable bonds is 2. The van der Waals surface area contributed by atoms with Gasteiger partial charge in [0, 0.05) is 0 Å². The molecule has 0 fully saturated rings. The van der Waals surface area contributed by atoms with E-state index >= 15 is 0 Å². The fourth-order valence-electron chi connectivity index (χ4n) is 2.08. The Morgan fingerprint density at radius 1 is 0.944 bits per heavy atom. The highest BCUT2D eigenvalue weighted by Gasteiger charge is 2.06. The molecule has 18 heavy (non-hydrogen) atoms. The summed E-state index contributed by atoms with van der Waals surface area (Å²) in [7, 11) is 0. The fourth-order valence-corrected chi connectivity index (χ4v) is 2.08. The van der Waals surface area contributed by atoms with Crippen molar-refractivity contribution >= 4 is 22.1 Å².